The molecule has 1 saturated carbocycles. The smallest absolute Gasteiger partial charge is 0.329 e. The third-order valence-corrected chi connectivity index (χ3v) is 14.9. The molecule has 0 aromatic carbocycles. The minimum atomic E-state index is -2.43. The number of methoxy groups -OCH3 is 3. The van der Waals surface area contributed by atoms with E-state index in [2.05, 4.69) is 0 Å². The van der Waals surface area contributed by atoms with E-state index < -0.39 is 95.7 Å². The van der Waals surface area contributed by atoms with Crippen LogP contribution < -0.4 is 0 Å². The number of rotatable bonds is 5. The van der Waals surface area contributed by atoms with Crippen LogP contribution in [0.5, 0.6) is 0 Å². The summed E-state index contributed by atoms with van der Waals surface area (Å²) in [5.74, 6) is -8.43. The molecule has 0 aromatic heterocycles. The van der Waals surface area contributed by atoms with Crippen LogP contribution in [0.4, 0.5) is 0 Å². The van der Waals surface area contributed by atoms with Crippen molar-refractivity contribution in [2.75, 3.05) is 27.9 Å². The largest absolute Gasteiger partial charge is 0.460 e. The number of carbonyl (C=O) groups excluding carboxylic acids is 5. The van der Waals surface area contributed by atoms with Gasteiger partial charge < -0.3 is 43.9 Å². The average Bonchev–Trinajstić information content (AvgIpc) is 3.27. The van der Waals surface area contributed by atoms with E-state index in [1.54, 1.807) is 41.1 Å². The number of aliphatic hydroxyl groups excluding tert-OH is 2. The summed E-state index contributed by atoms with van der Waals surface area (Å²) in [4.78, 5) is 72.0. The van der Waals surface area contributed by atoms with E-state index in [1.165, 1.54) is 12.0 Å². The fourth-order valence-corrected chi connectivity index (χ4v) is 10.9. The second-order valence-corrected chi connectivity index (χ2v) is 19.5. The lowest BCUT2D eigenvalue weighted by Crippen LogP contribution is -2.65. The number of hydrogen-bond donors (Lipinski definition) is 3. The van der Waals surface area contributed by atoms with E-state index >= 15 is 0 Å². The van der Waals surface area contributed by atoms with E-state index in [9.17, 15) is 39.3 Å². The zero-order valence-corrected chi connectivity index (χ0v) is 39.5. The molecule has 6 bridgehead atoms. The van der Waals surface area contributed by atoms with Crippen molar-refractivity contribution in [2.45, 2.75) is 167 Å². The summed E-state index contributed by atoms with van der Waals surface area (Å²) >= 11 is 0. The van der Waals surface area contributed by atoms with Crippen molar-refractivity contribution in [3.63, 3.8) is 0 Å². The number of amides is 1. The van der Waals surface area contributed by atoms with E-state index in [0.717, 1.165) is 5.57 Å². The van der Waals surface area contributed by atoms with Crippen molar-refractivity contribution in [1.29, 1.82) is 0 Å². The molecule has 358 valence electrons. The number of allylic oxidation sites excluding steroid dienone is 6. The van der Waals surface area contributed by atoms with Gasteiger partial charge in [-0.15, -0.1) is 0 Å². The highest BCUT2D eigenvalue weighted by Gasteiger charge is 2.57. The number of piperidine rings is 1. The van der Waals surface area contributed by atoms with E-state index in [0.29, 0.717) is 69.8 Å². The number of fused-ring (bicyclic) bond motifs is 16. The predicted molar refractivity (Wildman–Crippen MR) is 238 cm³/mol. The van der Waals surface area contributed by atoms with Gasteiger partial charge in [0.15, 0.2) is 5.78 Å². The van der Waals surface area contributed by atoms with E-state index in [1.807, 2.05) is 51.2 Å². The molecule has 3 saturated heterocycles. The fourth-order valence-electron chi connectivity index (χ4n) is 10.9. The van der Waals surface area contributed by atoms with Gasteiger partial charge in [0.05, 0.1) is 24.4 Å². The van der Waals surface area contributed by atoms with Crippen LogP contribution in [0.3, 0.4) is 0 Å². The van der Waals surface area contributed by atoms with Crippen LogP contribution in [0.15, 0.2) is 47.6 Å². The number of Topliss-reactive ketones (excluding diaryl/α,β-unsaturated/α-hetero) is 3. The molecule has 6 aliphatic rings. The second-order valence-electron chi connectivity index (χ2n) is 19.5. The number of carbonyl (C=O) groups is 5. The highest BCUT2D eigenvalue weighted by molar-refractivity contribution is 6.39. The Morgan fingerprint density at radius 3 is 2.27 bits per heavy atom. The molecule has 14 heteroatoms. The van der Waals surface area contributed by atoms with Gasteiger partial charge in [-0.3, -0.25) is 19.2 Å². The Morgan fingerprint density at radius 2 is 1.58 bits per heavy atom. The van der Waals surface area contributed by atoms with Gasteiger partial charge in [-0.1, -0.05) is 64.2 Å². The van der Waals surface area contributed by atoms with Crippen molar-refractivity contribution in [3.8, 4) is 0 Å². The Kier molecular flexibility index (Phi) is 18.5. The molecule has 64 heavy (non-hydrogen) atoms. The molecule has 6 rings (SSSR count). The lowest BCUT2D eigenvalue weighted by molar-refractivity contribution is -0.266. The first-order valence-corrected chi connectivity index (χ1v) is 23.5. The van der Waals surface area contributed by atoms with E-state index in [4.69, 9.17) is 23.7 Å². The second kappa shape index (κ2) is 22.9. The first-order chi connectivity index (χ1) is 30.3. The molecule has 0 radical (unpaired) electrons. The molecule has 14 nitrogen and oxygen atoms in total. The highest BCUT2D eigenvalue weighted by atomic mass is 16.6. The molecule has 0 spiro atoms. The SMILES string of the molecule is CO[C@@H]1C(=O)[C@H](C)C[C@H](C)/C=C/C=C/C=C(\C)[C@H](OC)C[C@@H]2CC[C@@H](C)[C@@](O)(O2)C(=O)C(=O)N2CCC[C@@H]3C(C[C@@H]4CC[C@H](O)[C@H](OC)C4)[C@H](CC(=O)[C@H](C)/C=C(\C)[C@H]1O)OC(=O)[C@H]32. The predicted octanol–water partition coefficient (Wildman–Crippen LogP) is 5.40. The number of hydrogen-bond acceptors (Lipinski definition) is 13. The molecular weight excluding hydrogens is 823 g/mol. The molecule has 4 fully saturated rings. The lowest BCUT2D eigenvalue weighted by atomic mass is 9.68. The van der Waals surface area contributed by atoms with Gasteiger partial charge in [0.1, 0.15) is 30.1 Å². The summed E-state index contributed by atoms with van der Waals surface area (Å²) in [6.07, 6.45) is 10.8. The molecule has 1 aliphatic carbocycles. The quantitative estimate of drug-likeness (QED) is 0.181. The van der Waals surface area contributed by atoms with Crippen LogP contribution in [0.25, 0.3) is 0 Å². The minimum absolute atomic E-state index is 0.0231. The zero-order chi connectivity index (χ0) is 47.0. The first kappa shape index (κ1) is 51.6. The van der Waals surface area contributed by atoms with Crippen molar-refractivity contribution in [3.05, 3.63) is 47.6 Å². The summed E-state index contributed by atoms with van der Waals surface area (Å²) in [6, 6.07) is -1.12. The molecule has 5 aliphatic heterocycles. The Morgan fingerprint density at radius 1 is 0.844 bits per heavy atom. The van der Waals surface area contributed by atoms with Crippen molar-refractivity contribution < 1.29 is 63.0 Å². The summed E-state index contributed by atoms with van der Waals surface area (Å²) < 4.78 is 29.4. The maximum absolute atomic E-state index is 14.4. The Balaban J connectivity index is 1.51. The van der Waals surface area contributed by atoms with Gasteiger partial charge in [0.2, 0.25) is 5.79 Å². The van der Waals surface area contributed by atoms with Crippen LogP contribution in [-0.4, -0.2) is 132 Å². The third-order valence-electron chi connectivity index (χ3n) is 14.9. The molecule has 3 N–H and O–H groups in total. The van der Waals surface area contributed by atoms with Crippen LogP contribution in [0.2, 0.25) is 0 Å². The number of esters is 1. The fraction of sp³-hybridized carbons (Fsp3) is 0.740. The minimum Gasteiger partial charge on any atom is -0.460 e. The number of ether oxygens (including phenoxy) is 5. The third kappa shape index (κ3) is 12.0. The van der Waals surface area contributed by atoms with Gasteiger partial charge in [-0.2, -0.15) is 0 Å². The molecule has 16 atom stereocenters. The summed E-state index contributed by atoms with van der Waals surface area (Å²) in [5, 5.41) is 34.1. The maximum atomic E-state index is 14.4. The van der Waals surface area contributed by atoms with Crippen LogP contribution >= 0.6 is 0 Å². The Labute approximate surface area is 379 Å². The lowest BCUT2D eigenvalue weighted by Gasteiger charge is -2.50. The molecule has 0 aromatic rings. The van der Waals surface area contributed by atoms with Gasteiger partial charge in [-0.05, 0) is 101 Å². The number of aliphatic hydroxyl groups is 3. The van der Waals surface area contributed by atoms with Gasteiger partial charge in [0, 0.05) is 64.4 Å². The Hall–Kier alpha value is -3.37. The topological polar surface area (TPSA) is 195 Å². The van der Waals surface area contributed by atoms with Crippen molar-refractivity contribution >= 4 is 29.2 Å². The van der Waals surface area contributed by atoms with Crippen LogP contribution in [-0.2, 0) is 47.7 Å². The maximum Gasteiger partial charge on any atom is 0.329 e. The van der Waals surface area contributed by atoms with Gasteiger partial charge >= 0.3 is 5.97 Å². The molecule has 1 amide bonds. The Bertz CT molecular complexity index is 1790. The molecular formula is C50H75NO13. The summed E-state index contributed by atoms with van der Waals surface area (Å²) in [6.45, 7) is 10.9. The summed E-state index contributed by atoms with van der Waals surface area (Å²) in [5.41, 5.74) is 1.28. The highest BCUT2D eigenvalue weighted by Crippen LogP contribution is 2.45. The number of ketones is 3. The monoisotopic (exact) mass is 898 g/mol. The van der Waals surface area contributed by atoms with Crippen LogP contribution in [0, 0.1) is 41.4 Å². The van der Waals surface area contributed by atoms with Crippen molar-refractivity contribution in [2.24, 2.45) is 41.4 Å². The van der Waals surface area contributed by atoms with Gasteiger partial charge in [0.25, 0.3) is 11.7 Å². The van der Waals surface area contributed by atoms with Crippen LogP contribution in [0.1, 0.15) is 112 Å². The van der Waals surface area contributed by atoms with E-state index in [-0.39, 0.29) is 42.5 Å². The molecule has 1 unspecified atom stereocenters. The first-order valence-electron chi connectivity index (χ1n) is 23.5. The normalized spacial score (nSPS) is 43.2. The molecule has 5 heterocycles. The summed E-state index contributed by atoms with van der Waals surface area (Å²) in [7, 11) is 4.52. The zero-order valence-electron chi connectivity index (χ0n) is 39.5. The number of nitrogens with zero attached hydrogens (tertiary/aromatic N) is 1. The average molecular weight is 898 g/mol. The van der Waals surface area contributed by atoms with Crippen molar-refractivity contribution in [1.82, 2.24) is 4.90 Å². The van der Waals surface area contributed by atoms with Gasteiger partial charge in [-0.25, -0.2) is 4.79 Å². The standard InChI is InChI=1S/C50H75NO13/c1-28-14-11-10-12-15-29(2)40(60-7)26-35-19-17-33(6)50(59,64-35)47(56)48(57)51-21-13-16-36-37(24-34-18-20-38(52)42(25-34)61-8)41(63-49(58)43(36)51)27-39(53)30(3)23-32(5)45(55)46(62-9)44(54)31(4)22-28/h10-12,14-15,23,28,30-31,33-38,40-43,45-46,52,55,59H,13,16-22,24-27H2,1-9H3/b12-10+,14-11+,29-15+,32-23+/t28-,30-,31-,33-,34+,35+,36-,37?,38+,40-,41+,42-,43+,45-,46-,50-/m1/s1.